The summed E-state index contributed by atoms with van der Waals surface area (Å²) >= 11 is 5.87. The van der Waals surface area contributed by atoms with Crippen molar-refractivity contribution in [2.45, 2.75) is 39.8 Å². The molecule has 5 rings (SSSR count). The fraction of sp³-hybridized carbons (Fsp3) is 0.214. The number of pyridine rings is 1. The number of aromatic nitrogens is 2. The predicted molar refractivity (Wildman–Crippen MR) is 139 cm³/mol. The van der Waals surface area contributed by atoms with E-state index in [9.17, 15) is 0 Å². The molecule has 166 valence electrons. The van der Waals surface area contributed by atoms with E-state index in [1.54, 1.807) is 0 Å². The van der Waals surface area contributed by atoms with Gasteiger partial charge < -0.3 is 14.8 Å². The lowest BCUT2D eigenvalue weighted by atomic mass is 9.96. The third-order valence-electron chi connectivity index (χ3n) is 6.58. The summed E-state index contributed by atoms with van der Waals surface area (Å²) in [5, 5.41) is 4.29. The van der Waals surface area contributed by atoms with E-state index in [1.165, 1.54) is 33.8 Å². The summed E-state index contributed by atoms with van der Waals surface area (Å²) in [6, 6.07) is 25.2. The predicted octanol–water partition coefficient (Wildman–Crippen LogP) is 6.28. The number of benzene rings is 2. The first-order chi connectivity index (χ1) is 16.0. The van der Waals surface area contributed by atoms with Crippen LogP contribution in [0.4, 0.5) is 5.69 Å². The van der Waals surface area contributed by atoms with Crippen molar-refractivity contribution in [1.82, 2.24) is 14.9 Å². The summed E-state index contributed by atoms with van der Waals surface area (Å²) in [6.45, 7) is 8.76. The minimum atomic E-state index is -0.0502. The molecule has 4 aromatic rings. The molecule has 4 nitrogen and oxygen atoms in total. The molecule has 5 heteroatoms. The summed E-state index contributed by atoms with van der Waals surface area (Å²) in [5.74, 6) is 0. The standard InChI is InChI=1S/C28H28N4S/c1-18-11-10-12-19(2)26(18)31-20(3)17-23(21(31)4)27-25(24-15-8-9-16-29-24)30-28(33)32(27)22-13-6-5-7-14-22/h5-17,25,27H,1-4H3,(H,30,33)/t25-,27+/m1/s1. The Kier molecular flexibility index (Phi) is 5.51. The van der Waals surface area contributed by atoms with E-state index >= 15 is 0 Å². The van der Waals surface area contributed by atoms with Crippen molar-refractivity contribution in [3.63, 3.8) is 0 Å². The molecule has 3 heterocycles. The highest BCUT2D eigenvalue weighted by atomic mass is 32.1. The normalized spacial score (nSPS) is 17.9. The van der Waals surface area contributed by atoms with Crippen molar-refractivity contribution in [3.05, 3.63) is 113 Å². The van der Waals surface area contributed by atoms with Gasteiger partial charge in [-0.1, -0.05) is 42.5 Å². The molecule has 0 spiro atoms. The monoisotopic (exact) mass is 452 g/mol. The molecule has 0 unspecified atom stereocenters. The third kappa shape index (κ3) is 3.62. The van der Waals surface area contributed by atoms with Crippen molar-refractivity contribution >= 4 is 23.0 Å². The van der Waals surface area contributed by atoms with Crippen molar-refractivity contribution < 1.29 is 0 Å². The molecular weight excluding hydrogens is 424 g/mol. The number of hydrogen-bond acceptors (Lipinski definition) is 2. The average Bonchev–Trinajstić information content (AvgIpc) is 3.31. The minimum Gasteiger partial charge on any atom is -0.351 e. The number of rotatable bonds is 4. The van der Waals surface area contributed by atoms with Crippen LogP contribution in [-0.4, -0.2) is 14.7 Å². The lowest BCUT2D eigenvalue weighted by Crippen LogP contribution is -2.29. The molecule has 0 amide bonds. The van der Waals surface area contributed by atoms with E-state index < -0.39 is 0 Å². The molecule has 0 bridgehead atoms. The zero-order valence-electron chi connectivity index (χ0n) is 19.4. The smallest absolute Gasteiger partial charge is 0.174 e. The van der Waals surface area contributed by atoms with Gasteiger partial charge in [0.05, 0.1) is 23.5 Å². The number of thiocarbonyl (C=S) groups is 1. The maximum Gasteiger partial charge on any atom is 0.174 e. The van der Waals surface area contributed by atoms with Gasteiger partial charge in [-0.2, -0.15) is 0 Å². The van der Waals surface area contributed by atoms with E-state index in [2.05, 4.69) is 102 Å². The van der Waals surface area contributed by atoms with Gasteiger partial charge in [0.1, 0.15) is 0 Å². The van der Waals surface area contributed by atoms with Crippen molar-refractivity contribution in [2.24, 2.45) is 0 Å². The molecule has 0 aliphatic carbocycles. The van der Waals surface area contributed by atoms with Gasteiger partial charge in [0.2, 0.25) is 0 Å². The van der Waals surface area contributed by atoms with E-state index in [4.69, 9.17) is 12.2 Å². The van der Waals surface area contributed by atoms with E-state index in [1.807, 2.05) is 24.4 Å². The van der Waals surface area contributed by atoms with Gasteiger partial charge in [0.15, 0.2) is 5.11 Å². The Hall–Kier alpha value is -3.44. The average molecular weight is 453 g/mol. The topological polar surface area (TPSA) is 33.1 Å². The molecule has 1 fully saturated rings. The van der Waals surface area contributed by atoms with Crippen molar-refractivity contribution in [2.75, 3.05) is 4.90 Å². The van der Waals surface area contributed by atoms with Gasteiger partial charge in [-0.25, -0.2) is 0 Å². The van der Waals surface area contributed by atoms with E-state index in [0.717, 1.165) is 16.5 Å². The van der Waals surface area contributed by atoms with Gasteiger partial charge >= 0.3 is 0 Å². The molecule has 0 saturated carbocycles. The van der Waals surface area contributed by atoms with Crippen LogP contribution in [0.1, 0.15) is 45.9 Å². The summed E-state index contributed by atoms with van der Waals surface area (Å²) < 4.78 is 2.39. The summed E-state index contributed by atoms with van der Waals surface area (Å²) in [6.07, 6.45) is 1.85. The highest BCUT2D eigenvalue weighted by Gasteiger charge is 2.42. The Bertz CT molecular complexity index is 1290. The molecular formula is C28H28N4S. The summed E-state index contributed by atoms with van der Waals surface area (Å²) in [5.41, 5.74) is 9.55. The Morgan fingerprint density at radius 1 is 0.848 bits per heavy atom. The fourth-order valence-corrected chi connectivity index (χ4v) is 5.47. The molecule has 2 atom stereocenters. The van der Waals surface area contributed by atoms with Crippen LogP contribution in [0.15, 0.2) is 79.0 Å². The first kappa shape index (κ1) is 21.4. The Labute approximate surface area is 200 Å². The van der Waals surface area contributed by atoms with E-state index in [0.29, 0.717) is 0 Å². The highest BCUT2D eigenvalue weighted by molar-refractivity contribution is 7.80. The number of hydrogen-bond donors (Lipinski definition) is 1. The third-order valence-corrected chi connectivity index (χ3v) is 6.90. The van der Waals surface area contributed by atoms with Crippen LogP contribution in [0.25, 0.3) is 5.69 Å². The second-order valence-corrected chi connectivity index (χ2v) is 9.12. The first-order valence-corrected chi connectivity index (χ1v) is 11.7. The van der Waals surface area contributed by atoms with Gasteiger partial charge in [-0.05, 0) is 86.9 Å². The van der Waals surface area contributed by atoms with Crippen LogP contribution in [0.5, 0.6) is 0 Å². The molecule has 1 aliphatic rings. The molecule has 0 radical (unpaired) electrons. The van der Waals surface area contributed by atoms with Gasteiger partial charge in [0, 0.05) is 23.3 Å². The molecule has 2 aromatic heterocycles. The quantitative estimate of drug-likeness (QED) is 0.369. The van der Waals surface area contributed by atoms with E-state index in [-0.39, 0.29) is 12.1 Å². The Balaban J connectivity index is 1.71. The number of nitrogens with zero attached hydrogens (tertiary/aromatic N) is 3. The van der Waals surface area contributed by atoms with Crippen molar-refractivity contribution in [3.8, 4) is 5.69 Å². The van der Waals surface area contributed by atoms with Crippen LogP contribution < -0.4 is 10.2 Å². The molecule has 1 saturated heterocycles. The highest BCUT2D eigenvalue weighted by Crippen LogP contribution is 2.43. The molecule has 1 N–H and O–H groups in total. The Morgan fingerprint density at radius 2 is 1.55 bits per heavy atom. The van der Waals surface area contributed by atoms with Gasteiger partial charge in [-0.3, -0.25) is 4.98 Å². The summed E-state index contributed by atoms with van der Waals surface area (Å²) in [7, 11) is 0. The number of anilines is 1. The van der Waals surface area contributed by atoms with Crippen LogP contribution >= 0.6 is 12.2 Å². The van der Waals surface area contributed by atoms with Crippen LogP contribution in [-0.2, 0) is 0 Å². The second kappa shape index (κ2) is 8.49. The number of nitrogens with one attached hydrogen (secondary N) is 1. The SMILES string of the molecule is Cc1cccc(C)c1-n1c(C)cc([C@H]2[C@@H](c3ccccn3)NC(=S)N2c2ccccc2)c1C. The zero-order chi connectivity index (χ0) is 23.1. The van der Waals surface area contributed by atoms with Crippen LogP contribution in [0.2, 0.25) is 0 Å². The number of para-hydroxylation sites is 2. The van der Waals surface area contributed by atoms with Crippen LogP contribution in [0, 0.1) is 27.7 Å². The Morgan fingerprint density at radius 3 is 2.21 bits per heavy atom. The minimum absolute atomic E-state index is 0.0147. The summed E-state index contributed by atoms with van der Waals surface area (Å²) in [4.78, 5) is 6.93. The molecule has 1 aliphatic heterocycles. The van der Waals surface area contributed by atoms with Crippen LogP contribution in [0.3, 0.4) is 0 Å². The lowest BCUT2D eigenvalue weighted by Gasteiger charge is -2.28. The first-order valence-electron chi connectivity index (χ1n) is 11.3. The van der Waals surface area contributed by atoms with Crippen molar-refractivity contribution in [1.29, 1.82) is 0 Å². The molecule has 33 heavy (non-hydrogen) atoms. The number of aryl methyl sites for hydroxylation is 3. The fourth-order valence-electron chi connectivity index (χ4n) is 5.13. The second-order valence-electron chi connectivity index (χ2n) is 8.73. The lowest BCUT2D eigenvalue weighted by molar-refractivity contribution is 0.565. The maximum atomic E-state index is 5.87. The zero-order valence-corrected chi connectivity index (χ0v) is 20.2. The van der Waals surface area contributed by atoms with Gasteiger partial charge in [0.25, 0.3) is 0 Å². The van der Waals surface area contributed by atoms with Gasteiger partial charge in [-0.15, -0.1) is 0 Å². The largest absolute Gasteiger partial charge is 0.351 e. The maximum absolute atomic E-state index is 5.87. The molecule has 2 aromatic carbocycles.